The highest BCUT2D eigenvalue weighted by atomic mass is 28.4. The molecule has 0 bridgehead atoms. The quantitative estimate of drug-likeness (QED) is 0.433. The largest absolute Gasteiger partial charge is 0.489 e. The van der Waals surface area contributed by atoms with Crippen molar-refractivity contribution in [2.75, 3.05) is 29.6 Å². The molecule has 208 valence electrons. The van der Waals surface area contributed by atoms with Gasteiger partial charge >= 0.3 is 6.09 Å². The second-order valence-corrected chi connectivity index (χ2v) is 15.4. The van der Waals surface area contributed by atoms with Crippen molar-refractivity contribution in [1.29, 1.82) is 0 Å². The molecule has 6 rings (SSSR count). The first-order chi connectivity index (χ1) is 19.2. The fourth-order valence-corrected chi connectivity index (χ4v) is 10.4. The first kappa shape index (κ1) is 26.6. The molecule has 0 aromatic heterocycles. The van der Waals surface area contributed by atoms with Crippen LogP contribution in [0.25, 0.3) is 0 Å². The molecule has 2 N–H and O–H groups in total. The van der Waals surface area contributed by atoms with Crippen LogP contribution in [-0.2, 0) is 9.53 Å². The predicted octanol–water partition coefficient (Wildman–Crippen LogP) is 3.04. The molecule has 0 spiro atoms. The molecule has 0 radical (unpaired) electrons. The number of aliphatic hydroxyl groups excluding tert-OH is 1. The van der Waals surface area contributed by atoms with Crippen molar-refractivity contribution in [1.82, 2.24) is 0 Å². The van der Waals surface area contributed by atoms with Gasteiger partial charge in [-0.15, -0.1) is 0 Å². The van der Waals surface area contributed by atoms with Gasteiger partial charge in [0.2, 0.25) is 5.91 Å². The van der Waals surface area contributed by atoms with E-state index >= 15 is 0 Å². The molecular weight excluding hydrogens is 524 g/mol. The van der Waals surface area contributed by atoms with Gasteiger partial charge in [-0.2, -0.15) is 0 Å². The number of carbonyl (C=O) groups is 2. The zero-order valence-electron chi connectivity index (χ0n) is 22.7. The van der Waals surface area contributed by atoms with Gasteiger partial charge in [0.25, 0.3) is 8.32 Å². The lowest BCUT2D eigenvalue weighted by Crippen LogP contribution is -2.65. The number of hydrogen-bond donors (Lipinski definition) is 2. The third kappa shape index (κ3) is 4.20. The summed E-state index contributed by atoms with van der Waals surface area (Å²) < 4.78 is 11.2. The van der Waals surface area contributed by atoms with Crippen LogP contribution in [0.4, 0.5) is 16.2 Å². The summed E-state index contributed by atoms with van der Waals surface area (Å²) in [6, 6.07) is 24.8. The van der Waals surface area contributed by atoms with Crippen molar-refractivity contribution >= 4 is 42.1 Å². The van der Waals surface area contributed by atoms with Gasteiger partial charge in [0.05, 0.1) is 12.3 Å². The van der Waals surface area contributed by atoms with E-state index in [9.17, 15) is 19.5 Å². The Balaban J connectivity index is 1.24. The number of aliphatic hydroxyl groups is 1. The van der Waals surface area contributed by atoms with Crippen LogP contribution in [0.15, 0.2) is 78.9 Å². The zero-order chi connectivity index (χ0) is 28.1. The van der Waals surface area contributed by atoms with Crippen molar-refractivity contribution in [3.05, 3.63) is 78.9 Å². The van der Waals surface area contributed by atoms with Crippen molar-refractivity contribution < 1.29 is 29.0 Å². The van der Waals surface area contributed by atoms with Crippen molar-refractivity contribution in [3.8, 4) is 5.75 Å². The topological polar surface area (TPSA) is 99.5 Å². The van der Waals surface area contributed by atoms with Crippen LogP contribution in [0.3, 0.4) is 0 Å². The molecule has 8 nitrogen and oxygen atoms in total. The van der Waals surface area contributed by atoms with Gasteiger partial charge in [-0.3, -0.25) is 9.69 Å². The van der Waals surface area contributed by atoms with E-state index in [4.69, 9.17) is 9.47 Å². The van der Waals surface area contributed by atoms with E-state index in [1.807, 2.05) is 66.7 Å². The highest BCUT2D eigenvalue weighted by Crippen LogP contribution is 2.46. The number of anilines is 2. The van der Waals surface area contributed by atoms with E-state index in [2.05, 4.69) is 13.8 Å². The number of hydrogen-bond acceptors (Lipinski definition) is 6. The number of rotatable bonds is 7. The van der Waals surface area contributed by atoms with Crippen molar-refractivity contribution in [3.63, 3.8) is 0 Å². The summed E-state index contributed by atoms with van der Waals surface area (Å²) in [5.41, 5.74) is 1.29. The molecule has 2 fully saturated rings. The maximum absolute atomic E-state index is 13.8. The van der Waals surface area contributed by atoms with E-state index in [-0.39, 0.29) is 31.1 Å². The minimum Gasteiger partial charge on any atom is -0.489 e. The lowest BCUT2D eigenvalue weighted by Gasteiger charge is -2.42. The number of carbonyl (C=O) groups excluding carboxylic acids is 2. The van der Waals surface area contributed by atoms with E-state index in [1.54, 1.807) is 17.0 Å². The second-order valence-electron chi connectivity index (χ2n) is 11.5. The average molecular weight is 559 g/mol. The van der Waals surface area contributed by atoms with Crippen LogP contribution in [-0.4, -0.2) is 62.1 Å². The van der Waals surface area contributed by atoms with E-state index in [0.29, 0.717) is 36.5 Å². The number of benzene rings is 3. The van der Waals surface area contributed by atoms with Gasteiger partial charge < -0.3 is 24.3 Å². The Hall–Kier alpha value is -3.66. The van der Waals surface area contributed by atoms with Crippen LogP contribution in [0.2, 0.25) is 5.04 Å². The van der Waals surface area contributed by atoms with Crippen LogP contribution >= 0.6 is 0 Å². The molecule has 0 unspecified atom stereocenters. The first-order valence-corrected chi connectivity index (χ1v) is 15.7. The Labute approximate surface area is 234 Å². The number of ether oxygens (including phenoxy) is 2. The van der Waals surface area contributed by atoms with Crippen LogP contribution in [0.1, 0.15) is 26.7 Å². The number of cyclic esters (lactones) is 1. The maximum Gasteiger partial charge on any atom is 0.415 e. The van der Waals surface area contributed by atoms with E-state index in [0.717, 1.165) is 10.4 Å². The third-order valence-electron chi connectivity index (χ3n) is 8.75. The summed E-state index contributed by atoms with van der Waals surface area (Å²) in [5, 5.41) is 10.9. The molecule has 3 aliphatic heterocycles. The van der Waals surface area contributed by atoms with Crippen LogP contribution in [0.5, 0.6) is 5.75 Å². The molecule has 3 heterocycles. The molecule has 3 atom stereocenters. The highest BCUT2D eigenvalue weighted by Gasteiger charge is 2.52. The zero-order valence-corrected chi connectivity index (χ0v) is 23.7. The molecule has 3 aromatic rings. The Kier molecular flexibility index (Phi) is 6.68. The molecule has 40 heavy (non-hydrogen) atoms. The molecule has 3 aliphatic rings. The van der Waals surface area contributed by atoms with Gasteiger partial charge in [-0.25, -0.2) is 4.79 Å². The summed E-state index contributed by atoms with van der Waals surface area (Å²) in [6.45, 7) is 4.69. The number of fused-ring (bicyclic) bond motifs is 3. The lowest BCUT2D eigenvalue weighted by molar-refractivity contribution is -0.120. The average Bonchev–Trinajstić information content (AvgIpc) is 3.51. The van der Waals surface area contributed by atoms with E-state index in [1.165, 1.54) is 4.90 Å². The minimum absolute atomic E-state index is 0.0279. The summed E-state index contributed by atoms with van der Waals surface area (Å²) >= 11 is 0. The first-order valence-electron chi connectivity index (χ1n) is 13.8. The standard InChI is InChI=1S/C31H34N2O6Si/c1-31(2,40(37,23-9-5-3-6-10-23)24-11-7-4-8-12-24)18-21-15-16-32(29(21)35)22-13-14-25-27(17-22)38-20-26-28(19-34)39-30(36)33(25)26/h3-14,17,21,26,28,34,37H,15-16,18-20H2,1-2H3/t21-,26+,28+/m1/s1. The second kappa shape index (κ2) is 10.1. The Morgan fingerprint density at radius 1 is 0.975 bits per heavy atom. The molecule has 2 amide bonds. The van der Waals surface area contributed by atoms with E-state index < -0.39 is 25.6 Å². The Morgan fingerprint density at radius 3 is 2.25 bits per heavy atom. The monoisotopic (exact) mass is 558 g/mol. The third-order valence-corrected chi connectivity index (χ3v) is 13.3. The maximum atomic E-state index is 13.8. The molecule has 0 aliphatic carbocycles. The fourth-order valence-electron chi connectivity index (χ4n) is 6.60. The van der Waals surface area contributed by atoms with Gasteiger partial charge in [0.1, 0.15) is 18.4 Å². The van der Waals surface area contributed by atoms with Crippen LogP contribution < -0.4 is 24.9 Å². The Bertz CT molecular complexity index is 1380. The van der Waals surface area contributed by atoms with Crippen molar-refractivity contribution in [2.24, 2.45) is 5.92 Å². The summed E-state index contributed by atoms with van der Waals surface area (Å²) in [5.74, 6) is 0.303. The van der Waals surface area contributed by atoms with Gasteiger partial charge in [-0.05, 0) is 40.4 Å². The lowest BCUT2D eigenvalue weighted by atomic mass is 9.95. The summed E-state index contributed by atoms with van der Waals surface area (Å²) in [6.07, 6.45) is 0.112. The van der Waals surface area contributed by atoms with Crippen molar-refractivity contribution in [2.45, 2.75) is 43.9 Å². The van der Waals surface area contributed by atoms with Gasteiger partial charge in [0, 0.05) is 24.2 Å². The Morgan fingerprint density at radius 2 is 1.62 bits per heavy atom. The molecule has 0 saturated carbocycles. The van der Waals surface area contributed by atoms with Crippen LogP contribution in [0, 0.1) is 5.92 Å². The molecule has 3 aromatic carbocycles. The number of nitrogens with zero attached hydrogens (tertiary/aromatic N) is 2. The summed E-state index contributed by atoms with van der Waals surface area (Å²) in [7, 11) is -3.23. The number of amides is 2. The van der Waals surface area contributed by atoms with Gasteiger partial charge in [0.15, 0.2) is 6.10 Å². The normalized spacial score (nSPS) is 22.6. The fraction of sp³-hybridized carbons (Fsp3) is 0.355. The highest BCUT2D eigenvalue weighted by molar-refractivity contribution is 6.98. The smallest absolute Gasteiger partial charge is 0.415 e. The molecule has 2 saturated heterocycles. The summed E-state index contributed by atoms with van der Waals surface area (Å²) in [4.78, 5) is 42.0. The molecule has 9 heteroatoms. The predicted molar refractivity (Wildman–Crippen MR) is 155 cm³/mol. The SMILES string of the molecule is CC(C)(C[C@H]1CCN(c2ccc3c(c2)OC[C@H]2[C@H](CO)OC(=O)N32)C1=O)[Si](O)(c1ccccc1)c1ccccc1. The van der Waals surface area contributed by atoms with Gasteiger partial charge in [-0.1, -0.05) is 74.5 Å². The molecular formula is C31H34N2O6Si. The minimum atomic E-state index is -3.23.